The van der Waals surface area contributed by atoms with Crippen molar-refractivity contribution >= 4 is 116 Å². The van der Waals surface area contributed by atoms with Crippen LogP contribution in [0.2, 0.25) is 0 Å². The van der Waals surface area contributed by atoms with Gasteiger partial charge in [0.1, 0.15) is 0 Å². The lowest BCUT2D eigenvalue weighted by atomic mass is 9.62. The predicted octanol–water partition coefficient (Wildman–Crippen LogP) is 23.6. The normalized spacial score (nSPS) is 12.7. The standard InChI is InChI=1S/C85H65N3/c1-54-48-67(49-55(2)58(54)5)86(65-44-46-77-73-28-12-10-24-69(73)71-26-14-16-30-75(71)79(77)52-65)63-40-36-60(37-41-63)85(81-32-18-20-34-83(81)88(62-22-8-7-9-23-62)84-35-21-19-33-82(84)85)61-38-42-64(43-39-61)87(68-50-56(3)59(6)57(4)51-68)66-45-47-78-74-29-13-11-25-70(74)72-27-15-17-31-76(72)80(78)53-66/h7-53H,1-6H3. The van der Waals surface area contributed by atoms with Crippen molar-refractivity contribution in [2.75, 3.05) is 14.7 Å². The quantitative estimate of drug-likeness (QED) is 0.133. The Hall–Kier alpha value is -10.7. The molecule has 420 valence electrons. The maximum atomic E-state index is 2.47. The molecule has 16 rings (SSSR count). The van der Waals surface area contributed by atoms with Gasteiger partial charge in [-0.25, -0.2) is 0 Å². The van der Waals surface area contributed by atoms with Gasteiger partial charge >= 0.3 is 0 Å². The highest BCUT2D eigenvalue weighted by Crippen LogP contribution is 2.58. The first-order valence-electron chi connectivity index (χ1n) is 30.8. The number of nitrogens with zero attached hydrogens (tertiary/aromatic N) is 3. The Morgan fingerprint density at radius 3 is 0.875 bits per heavy atom. The highest BCUT2D eigenvalue weighted by Gasteiger charge is 2.46. The lowest BCUT2D eigenvalue weighted by Gasteiger charge is -2.46. The van der Waals surface area contributed by atoms with Gasteiger partial charge in [-0.15, -0.1) is 0 Å². The molecular formula is C85H65N3. The van der Waals surface area contributed by atoms with Crippen molar-refractivity contribution in [3.05, 3.63) is 341 Å². The number of hydrogen-bond donors (Lipinski definition) is 0. The van der Waals surface area contributed by atoms with Crippen molar-refractivity contribution in [3.8, 4) is 0 Å². The van der Waals surface area contributed by atoms with Crippen LogP contribution >= 0.6 is 0 Å². The maximum absolute atomic E-state index is 2.47. The van der Waals surface area contributed by atoms with E-state index in [1.54, 1.807) is 0 Å². The Kier molecular flexibility index (Phi) is 12.5. The topological polar surface area (TPSA) is 9.72 Å². The number of aryl methyl sites for hydroxylation is 4. The van der Waals surface area contributed by atoms with Crippen LogP contribution in [0.3, 0.4) is 0 Å². The molecule has 3 heteroatoms. The second kappa shape index (κ2) is 20.8. The van der Waals surface area contributed by atoms with Crippen LogP contribution < -0.4 is 14.7 Å². The summed E-state index contributed by atoms with van der Waals surface area (Å²) >= 11 is 0. The van der Waals surface area contributed by atoms with E-state index < -0.39 is 5.41 Å². The molecule has 0 bridgehead atoms. The van der Waals surface area contributed by atoms with Gasteiger partial charge in [0.25, 0.3) is 0 Å². The van der Waals surface area contributed by atoms with E-state index in [-0.39, 0.29) is 0 Å². The average Bonchev–Trinajstić information content (AvgIpc) is 0.797. The Morgan fingerprint density at radius 1 is 0.239 bits per heavy atom. The molecule has 0 saturated heterocycles. The molecule has 0 saturated carbocycles. The largest absolute Gasteiger partial charge is 0.310 e. The van der Waals surface area contributed by atoms with E-state index in [1.807, 2.05) is 0 Å². The minimum Gasteiger partial charge on any atom is -0.310 e. The molecule has 88 heavy (non-hydrogen) atoms. The molecule has 15 aromatic carbocycles. The maximum Gasteiger partial charge on any atom is 0.0742 e. The molecule has 0 N–H and O–H groups in total. The molecule has 0 fully saturated rings. The summed E-state index contributed by atoms with van der Waals surface area (Å²) < 4.78 is 0. The first-order chi connectivity index (χ1) is 43.1. The zero-order chi connectivity index (χ0) is 59.4. The molecule has 0 aromatic heterocycles. The van der Waals surface area contributed by atoms with Crippen LogP contribution in [0.1, 0.15) is 55.6 Å². The van der Waals surface area contributed by atoms with Gasteiger partial charge in [-0.05, 0) is 259 Å². The zero-order valence-corrected chi connectivity index (χ0v) is 50.5. The summed E-state index contributed by atoms with van der Waals surface area (Å²) in [7, 11) is 0. The number of anilines is 9. The van der Waals surface area contributed by atoms with Crippen molar-refractivity contribution < 1.29 is 0 Å². The third-order valence-corrected chi connectivity index (χ3v) is 19.5. The van der Waals surface area contributed by atoms with Gasteiger partial charge in [-0.3, -0.25) is 0 Å². The van der Waals surface area contributed by atoms with E-state index >= 15 is 0 Å². The van der Waals surface area contributed by atoms with E-state index in [0.29, 0.717) is 0 Å². The minimum absolute atomic E-state index is 0.759. The van der Waals surface area contributed by atoms with Gasteiger partial charge in [0.15, 0.2) is 0 Å². The van der Waals surface area contributed by atoms with Gasteiger partial charge in [-0.2, -0.15) is 0 Å². The van der Waals surface area contributed by atoms with Crippen molar-refractivity contribution in [3.63, 3.8) is 0 Å². The Morgan fingerprint density at radius 2 is 0.523 bits per heavy atom. The molecule has 1 heterocycles. The number of para-hydroxylation sites is 3. The van der Waals surface area contributed by atoms with Crippen molar-refractivity contribution in [1.29, 1.82) is 0 Å². The van der Waals surface area contributed by atoms with E-state index in [0.717, 1.165) is 51.2 Å². The van der Waals surface area contributed by atoms with Crippen molar-refractivity contribution in [2.45, 2.75) is 47.0 Å². The third-order valence-electron chi connectivity index (χ3n) is 19.5. The summed E-state index contributed by atoms with van der Waals surface area (Å²) in [6, 6.07) is 107. The fourth-order valence-corrected chi connectivity index (χ4v) is 14.9. The summed E-state index contributed by atoms with van der Waals surface area (Å²) in [6.07, 6.45) is 0. The lowest BCUT2D eigenvalue weighted by Crippen LogP contribution is -2.37. The van der Waals surface area contributed by atoms with Crippen LogP contribution in [-0.4, -0.2) is 0 Å². The predicted molar refractivity (Wildman–Crippen MR) is 376 cm³/mol. The summed E-state index contributed by atoms with van der Waals surface area (Å²) in [6.45, 7) is 13.4. The monoisotopic (exact) mass is 1130 g/mol. The molecule has 15 aromatic rings. The SMILES string of the molecule is Cc1cc(N(c2ccc(C3(c4ccc(N(c5cc(C)c(C)c(C)c5)c5ccc6c7ccccc7c7ccccc7c6c5)cc4)c4ccccc4N(c4ccccc4)c4ccccc43)cc2)c2ccc3c4ccccc4c4ccccc4c3c2)cc(C)c1C. The van der Waals surface area contributed by atoms with Gasteiger partial charge in [0, 0.05) is 39.8 Å². The van der Waals surface area contributed by atoms with Crippen molar-refractivity contribution in [2.24, 2.45) is 0 Å². The number of benzene rings is 15. The molecule has 0 spiro atoms. The minimum atomic E-state index is -0.759. The molecule has 0 amide bonds. The van der Waals surface area contributed by atoms with Crippen molar-refractivity contribution in [1.82, 2.24) is 0 Å². The second-order valence-electron chi connectivity index (χ2n) is 24.3. The summed E-state index contributed by atoms with van der Waals surface area (Å²) in [5.74, 6) is 0. The van der Waals surface area contributed by atoms with Gasteiger partial charge < -0.3 is 14.7 Å². The van der Waals surface area contributed by atoms with E-state index in [1.165, 1.54) is 120 Å². The molecular weight excluding hydrogens is 1060 g/mol. The second-order valence-corrected chi connectivity index (χ2v) is 24.3. The highest BCUT2D eigenvalue weighted by molar-refractivity contribution is 6.27. The molecule has 0 atom stereocenters. The van der Waals surface area contributed by atoms with Crippen LogP contribution in [0.5, 0.6) is 0 Å². The van der Waals surface area contributed by atoms with Gasteiger partial charge in [-0.1, -0.05) is 188 Å². The van der Waals surface area contributed by atoms with Gasteiger partial charge in [0.2, 0.25) is 0 Å². The lowest BCUT2D eigenvalue weighted by molar-refractivity contribution is 0.731. The van der Waals surface area contributed by atoms with E-state index in [9.17, 15) is 0 Å². The Labute approximate surface area is 515 Å². The van der Waals surface area contributed by atoms with Crippen LogP contribution in [0.15, 0.2) is 285 Å². The Bertz CT molecular complexity index is 4860. The smallest absolute Gasteiger partial charge is 0.0742 e. The number of fused-ring (bicyclic) bond motifs is 14. The number of rotatable bonds is 9. The van der Waals surface area contributed by atoms with Crippen LogP contribution in [-0.2, 0) is 5.41 Å². The fourth-order valence-electron chi connectivity index (χ4n) is 14.9. The van der Waals surface area contributed by atoms with Crippen LogP contribution in [0.4, 0.5) is 51.2 Å². The molecule has 1 aliphatic rings. The number of hydrogen-bond acceptors (Lipinski definition) is 3. The first-order valence-corrected chi connectivity index (χ1v) is 30.8. The molecule has 0 aliphatic carbocycles. The summed E-state index contributed by atoms with van der Waals surface area (Å²) in [5.41, 5.74) is 21.8. The fraction of sp³-hybridized carbons (Fsp3) is 0.0824. The zero-order valence-electron chi connectivity index (χ0n) is 50.5. The van der Waals surface area contributed by atoms with Crippen LogP contribution in [0.25, 0.3) is 64.6 Å². The summed E-state index contributed by atoms with van der Waals surface area (Å²) in [5, 5.41) is 15.1. The molecule has 0 unspecified atom stereocenters. The Balaban J connectivity index is 0.910. The van der Waals surface area contributed by atoms with E-state index in [2.05, 4.69) is 341 Å². The average molecular weight is 1130 g/mol. The third kappa shape index (κ3) is 8.18. The highest BCUT2D eigenvalue weighted by atomic mass is 15.2. The molecule has 1 aliphatic heterocycles. The van der Waals surface area contributed by atoms with Crippen LogP contribution in [0, 0.1) is 41.5 Å². The molecule has 0 radical (unpaired) electrons. The van der Waals surface area contributed by atoms with E-state index in [4.69, 9.17) is 0 Å². The molecule has 3 nitrogen and oxygen atoms in total. The first kappa shape index (κ1) is 52.8. The van der Waals surface area contributed by atoms with Gasteiger partial charge in [0.05, 0.1) is 16.8 Å². The summed E-state index contributed by atoms with van der Waals surface area (Å²) in [4.78, 5) is 7.39.